The number of aromatic nitrogens is 3. The molecule has 5 heterocycles. The van der Waals surface area contributed by atoms with Crippen LogP contribution in [0.15, 0.2) is 42.6 Å². The predicted octanol–water partition coefficient (Wildman–Crippen LogP) is 3.72. The lowest BCUT2D eigenvalue weighted by molar-refractivity contribution is 0.0601. The molecule has 2 bridgehead atoms. The number of anilines is 2. The van der Waals surface area contributed by atoms with Crippen molar-refractivity contribution in [1.29, 1.82) is 0 Å². The van der Waals surface area contributed by atoms with Crippen molar-refractivity contribution in [2.24, 2.45) is 0 Å². The molecule has 1 unspecified atom stereocenters. The van der Waals surface area contributed by atoms with Crippen molar-refractivity contribution in [1.82, 2.24) is 24.4 Å². The van der Waals surface area contributed by atoms with Crippen LogP contribution in [-0.2, 0) is 0 Å². The lowest BCUT2D eigenvalue weighted by Crippen LogP contribution is -2.39. The van der Waals surface area contributed by atoms with Gasteiger partial charge < -0.3 is 24.3 Å². The Morgan fingerprint density at radius 3 is 2.61 bits per heavy atom. The Morgan fingerprint density at radius 1 is 1.00 bits per heavy atom. The van der Waals surface area contributed by atoms with Gasteiger partial charge in [-0.2, -0.15) is 9.61 Å². The van der Waals surface area contributed by atoms with Crippen molar-refractivity contribution in [2.45, 2.75) is 31.7 Å². The van der Waals surface area contributed by atoms with Gasteiger partial charge in [-0.1, -0.05) is 6.58 Å². The van der Waals surface area contributed by atoms with Crippen LogP contribution < -0.4 is 14.5 Å². The summed E-state index contributed by atoms with van der Waals surface area (Å²) < 4.78 is 22.3. The van der Waals surface area contributed by atoms with E-state index in [-0.39, 0.29) is 24.1 Å². The number of hydrogen-bond donors (Lipinski definition) is 0. The third-order valence-corrected chi connectivity index (χ3v) is 7.97. The second-order valence-electron chi connectivity index (χ2n) is 10.5. The number of benzene rings is 1. The number of nitrogens with zero attached hydrogens (tertiary/aromatic N) is 7. The van der Waals surface area contributed by atoms with Crippen LogP contribution in [0.25, 0.3) is 5.65 Å². The topological polar surface area (TPSA) is 69.4 Å². The maximum atomic E-state index is 14.4. The number of likely N-dealkylation sites (N-methyl/N-ethyl adjacent to an activating group) is 2. The van der Waals surface area contributed by atoms with Gasteiger partial charge in [-0.3, -0.25) is 4.79 Å². The maximum Gasteiger partial charge on any atom is 0.258 e. The molecular formula is C28H34FN7O2. The minimum Gasteiger partial charge on any atom is -0.487 e. The van der Waals surface area contributed by atoms with E-state index in [1.165, 1.54) is 24.6 Å². The number of carbonyl (C=O) groups excluding carboxylic acids is 1. The smallest absolute Gasteiger partial charge is 0.258 e. The van der Waals surface area contributed by atoms with E-state index in [0.717, 1.165) is 67.6 Å². The van der Waals surface area contributed by atoms with Gasteiger partial charge in [-0.25, -0.2) is 9.37 Å². The quantitative estimate of drug-likeness (QED) is 0.485. The lowest BCUT2D eigenvalue weighted by Gasteiger charge is -2.35. The molecule has 0 spiro atoms. The molecule has 0 aliphatic carbocycles. The average molecular weight is 520 g/mol. The van der Waals surface area contributed by atoms with Crippen LogP contribution in [0, 0.1) is 5.82 Å². The van der Waals surface area contributed by atoms with E-state index in [1.54, 1.807) is 0 Å². The van der Waals surface area contributed by atoms with E-state index in [0.29, 0.717) is 18.8 Å². The van der Waals surface area contributed by atoms with E-state index in [4.69, 9.17) is 14.8 Å². The molecular weight excluding hydrogens is 485 g/mol. The van der Waals surface area contributed by atoms with Gasteiger partial charge in [0, 0.05) is 64.6 Å². The summed E-state index contributed by atoms with van der Waals surface area (Å²) in [6.07, 6.45) is 3.82. The lowest BCUT2D eigenvalue weighted by atomic mass is 9.98. The van der Waals surface area contributed by atoms with Crippen LogP contribution in [0.1, 0.15) is 47.8 Å². The number of hydrogen-bond acceptors (Lipinski definition) is 7. The van der Waals surface area contributed by atoms with Gasteiger partial charge in [-0.05, 0) is 43.9 Å². The Morgan fingerprint density at radius 2 is 1.82 bits per heavy atom. The molecule has 3 aliphatic rings. The largest absolute Gasteiger partial charge is 0.487 e. The summed E-state index contributed by atoms with van der Waals surface area (Å²) in [5.74, 6) is 1.54. The van der Waals surface area contributed by atoms with Crippen molar-refractivity contribution in [2.75, 3.05) is 63.2 Å². The van der Waals surface area contributed by atoms with Gasteiger partial charge >= 0.3 is 0 Å². The number of piperidine rings is 1. The summed E-state index contributed by atoms with van der Waals surface area (Å²) in [5.41, 5.74) is 2.56. The fourth-order valence-corrected chi connectivity index (χ4v) is 5.38. The van der Waals surface area contributed by atoms with Crippen LogP contribution >= 0.6 is 0 Å². The Bertz CT molecular complexity index is 1390. The van der Waals surface area contributed by atoms with Crippen LogP contribution in [0.5, 0.6) is 5.75 Å². The fraction of sp³-hybridized carbons (Fsp3) is 0.464. The molecule has 0 radical (unpaired) electrons. The first kappa shape index (κ1) is 24.5. The van der Waals surface area contributed by atoms with Crippen molar-refractivity contribution < 1.29 is 13.9 Å². The molecule has 1 atom stereocenters. The Labute approximate surface area is 222 Å². The normalized spacial score (nSPS) is 20.9. The first-order valence-corrected chi connectivity index (χ1v) is 13.4. The van der Waals surface area contributed by atoms with Crippen molar-refractivity contribution >= 4 is 23.2 Å². The molecule has 2 aromatic heterocycles. The van der Waals surface area contributed by atoms with Gasteiger partial charge in [0.1, 0.15) is 29.8 Å². The molecule has 0 saturated carbocycles. The minimum atomic E-state index is -0.470. The van der Waals surface area contributed by atoms with Crippen molar-refractivity contribution in [3.63, 3.8) is 0 Å². The van der Waals surface area contributed by atoms with Crippen LogP contribution in [0.2, 0.25) is 0 Å². The molecule has 1 aromatic carbocycles. The highest BCUT2D eigenvalue weighted by molar-refractivity contribution is 5.97. The molecule has 9 nitrogen and oxygen atoms in total. The molecule has 10 heteroatoms. The van der Waals surface area contributed by atoms with Crippen molar-refractivity contribution in [3.8, 4) is 5.75 Å². The monoisotopic (exact) mass is 519 g/mol. The van der Waals surface area contributed by atoms with E-state index in [9.17, 15) is 9.18 Å². The molecule has 0 N–H and O–H groups in total. The summed E-state index contributed by atoms with van der Waals surface area (Å²) >= 11 is 0. The summed E-state index contributed by atoms with van der Waals surface area (Å²) in [4.78, 5) is 27.2. The molecule has 200 valence electrons. The number of ether oxygens (including phenoxy) is 1. The predicted molar refractivity (Wildman–Crippen MR) is 144 cm³/mol. The number of fused-ring (bicyclic) bond motifs is 4. The summed E-state index contributed by atoms with van der Waals surface area (Å²) in [6.45, 7) is 8.40. The van der Waals surface area contributed by atoms with Gasteiger partial charge in [-0.15, -0.1) is 0 Å². The van der Waals surface area contributed by atoms with Gasteiger partial charge in [0.25, 0.3) is 5.91 Å². The first-order chi connectivity index (χ1) is 18.4. The van der Waals surface area contributed by atoms with Crippen LogP contribution in [-0.4, -0.2) is 83.7 Å². The Balaban J connectivity index is 1.48. The third-order valence-electron chi connectivity index (χ3n) is 7.97. The second kappa shape index (κ2) is 9.81. The number of amides is 1. The zero-order chi connectivity index (χ0) is 26.4. The van der Waals surface area contributed by atoms with Crippen molar-refractivity contribution in [3.05, 3.63) is 59.7 Å². The summed E-state index contributed by atoms with van der Waals surface area (Å²) in [5, 5.41) is 5.01. The van der Waals surface area contributed by atoms with E-state index >= 15 is 0 Å². The Hall–Kier alpha value is -3.82. The van der Waals surface area contributed by atoms with E-state index in [1.807, 2.05) is 27.4 Å². The first-order valence-electron chi connectivity index (χ1n) is 13.4. The van der Waals surface area contributed by atoms with Gasteiger partial charge in [0.2, 0.25) is 0 Å². The molecule has 2 saturated heterocycles. The maximum absolute atomic E-state index is 14.4. The second-order valence-corrected chi connectivity index (χ2v) is 10.5. The zero-order valence-electron chi connectivity index (χ0n) is 22.1. The summed E-state index contributed by atoms with van der Waals surface area (Å²) in [7, 11) is 4.03. The van der Waals surface area contributed by atoms with Gasteiger partial charge in [0.15, 0.2) is 5.65 Å². The average Bonchev–Trinajstić information content (AvgIpc) is 3.32. The number of rotatable bonds is 1. The third kappa shape index (κ3) is 4.41. The molecule has 2 fully saturated rings. The molecule has 1 amide bonds. The molecule has 38 heavy (non-hydrogen) atoms. The molecule has 3 aromatic rings. The van der Waals surface area contributed by atoms with E-state index < -0.39 is 5.82 Å². The highest BCUT2D eigenvalue weighted by atomic mass is 19.1. The number of halogens is 1. The minimum absolute atomic E-state index is 0.203. The summed E-state index contributed by atoms with van der Waals surface area (Å²) in [6, 6.07) is 8.01. The number of carbonyl (C=O) groups is 1. The molecule has 3 aliphatic heterocycles. The van der Waals surface area contributed by atoms with Gasteiger partial charge in [0.05, 0.1) is 17.3 Å². The highest BCUT2D eigenvalue weighted by Gasteiger charge is 2.33. The SMILES string of the molecule is C=C1COc2ccc(F)cc2C(=O)N2CCCCC2c2cc3nc(N4CCC4)cc(n3n2)N(C)CCN1C. The van der Waals surface area contributed by atoms with Crippen LogP contribution in [0.3, 0.4) is 0 Å². The van der Waals surface area contributed by atoms with Crippen LogP contribution in [0.4, 0.5) is 16.0 Å². The Kier molecular flexibility index (Phi) is 6.33. The fourth-order valence-electron chi connectivity index (χ4n) is 5.38. The highest BCUT2D eigenvalue weighted by Crippen LogP contribution is 2.35. The standard InChI is InChI=1S/C28H34FN7O2/c1-19-18-38-24-9-8-20(29)15-21(24)28(37)35-12-5-4-7-23(35)22-16-26-30-25(34-10-6-11-34)17-27(36(26)31-22)33(3)14-13-32(19)2/h8-9,15-17,23H,1,4-7,10-14,18H2,2-3H3. The van der Waals surface area contributed by atoms with E-state index in [2.05, 4.69) is 29.5 Å². The molecule has 6 rings (SSSR count). The zero-order valence-corrected chi connectivity index (χ0v) is 22.1.